The summed E-state index contributed by atoms with van der Waals surface area (Å²) in [5.74, 6) is 3.01. The van der Waals surface area contributed by atoms with E-state index in [0.717, 1.165) is 56.1 Å². The van der Waals surface area contributed by atoms with Crippen LogP contribution in [0.25, 0.3) is 0 Å². The number of ether oxygens (including phenoxy) is 2. The Morgan fingerprint density at radius 1 is 1.36 bits per heavy atom. The normalized spacial score (nSPS) is 21.1. The summed E-state index contributed by atoms with van der Waals surface area (Å²) in [7, 11) is 0. The first-order chi connectivity index (χ1) is 13.5. The average Bonchev–Trinajstić information content (AvgIpc) is 3.34. The summed E-state index contributed by atoms with van der Waals surface area (Å²) in [5, 5.41) is 7.69. The van der Waals surface area contributed by atoms with Crippen LogP contribution in [0.15, 0.2) is 23.4 Å². The van der Waals surface area contributed by atoms with E-state index < -0.39 is 0 Å². The first-order valence-corrected chi connectivity index (χ1v) is 10.7. The SMILES string of the molecule is CCc1nc(SCC(=O)N2CCC[C@](C)(Cc3ccc4c(c3)OCO4)C2)n[nH]1. The van der Waals surface area contributed by atoms with E-state index >= 15 is 0 Å². The molecule has 0 aliphatic carbocycles. The molecule has 1 saturated heterocycles. The number of nitrogens with one attached hydrogen (secondary N) is 1. The fourth-order valence-corrected chi connectivity index (χ4v) is 4.65. The van der Waals surface area contributed by atoms with Gasteiger partial charge in [0.15, 0.2) is 11.5 Å². The van der Waals surface area contributed by atoms with Gasteiger partial charge >= 0.3 is 0 Å². The highest BCUT2D eigenvalue weighted by atomic mass is 32.2. The third-order valence-electron chi connectivity index (χ3n) is 5.37. The number of benzene rings is 1. The quantitative estimate of drug-likeness (QED) is 0.748. The van der Waals surface area contributed by atoms with Gasteiger partial charge in [-0.05, 0) is 42.4 Å². The molecule has 2 aromatic rings. The number of likely N-dealkylation sites (tertiary alicyclic amines) is 1. The van der Waals surface area contributed by atoms with Gasteiger partial charge < -0.3 is 14.4 Å². The fourth-order valence-electron chi connectivity index (χ4n) is 3.93. The maximum absolute atomic E-state index is 12.7. The monoisotopic (exact) mass is 402 g/mol. The van der Waals surface area contributed by atoms with Crippen LogP contribution in [0.3, 0.4) is 0 Å². The number of H-pyrrole nitrogens is 1. The molecule has 0 spiro atoms. The summed E-state index contributed by atoms with van der Waals surface area (Å²) in [6.45, 7) is 6.18. The Kier molecular flexibility index (Phi) is 5.48. The number of fused-ring (bicyclic) bond motifs is 1. The van der Waals surface area contributed by atoms with Crippen molar-refractivity contribution in [2.24, 2.45) is 5.41 Å². The number of aromatic nitrogens is 3. The lowest BCUT2D eigenvalue weighted by molar-refractivity contribution is -0.131. The zero-order valence-electron chi connectivity index (χ0n) is 16.4. The third-order valence-corrected chi connectivity index (χ3v) is 6.20. The number of hydrogen-bond acceptors (Lipinski definition) is 6. The Bertz CT molecular complexity index is 856. The Balaban J connectivity index is 1.35. The van der Waals surface area contributed by atoms with E-state index in [0.29, 0.717) is 17.7 Å². The van der Waals surface area contributed by atoms with Gasteiger partial charge in [-0.1, -0.05) is 31.7 Å². The number of hydrogen-bond donors (Lipinski definition) is 1. The molecule has 0 unspecified atom stereocenters. The van der Waals surface area contributed by atoms with Crippen molar-refractivity contribution in [1.29, 1.82) is 0 Å². The van der Waals surface area contributed by atoms with E-state index in [-0.39, 0.29) is 11.3 Å². The molecule has 150 valence electrons. The second-order valence-electron chi connectivity index (χ2n) is 7.80. The van der Waals surface area contributed by atoms with Gasteiger partial charge in [-0.2, -0.15) is 0 Å². The van der Waals surface area contributed by atoms with Crippen molar-refractivity contribution in [3.63, 3.8) is 0 Å². The van der Waals surface area contributed by atoms with Crippen LogP contribution in [0.5, 0.6) is 11.5 Å². The van der Waals surface area contributed by atoms with Crippen molar-refractivity contribution in [2.45, 2.75) is 44.7 Å². The Morgan fingerprint density at radius 2 is 2.21 bits per heavy atom. The number of amides is 1. The summed E-state index contributed by atoms with van der Waals surface area (Å²) in [4.78, 5) is 19.1. The van der Waals surface area contributed by atoms with Crippen LogP contribution in [0.2, 0.25) is 0 Å². The summed E-state index contributed by atoms with van der Waals surface area (Å²) in [6.07, 6.45) is 3.87. The van der Waals surface area contributed by atoms with Crippen molar-refractivity contribution >= 4 is 17.7 Å². The van der Waals surface area contributed by atoms with Crippen molar-refractivity contribution in [1.82, 2.24) is 20.1 Å². The Labute approximate surface area is 169 Å². The maximum atomic E-state index is 12.7. The van der Waals surface area contributed by atoms with Crippen molar-refractivity contribution in [3.8, 4) is 11.5 Å². The highest BCUT2D eigenvalue weighted by molar-refractivity contribution is 7.99. The van der Waals surface area contributed by atoms with Crippen molar-refractivity contribution < 1.29 is 14.3 Å². The van der Waals surface area contributed by atoms with E-state index in [9.17, 15) is 4.79 Å². The zero-order chi connectivity index (χ0) is 19.6. The van der Waals surface area contributed by atoms with Crippen LogP contribution in [-0.2, 0) is 17.6 Å². The molecular formula is C20H26N4O3S. The second-order valence-corrected chi connectivity index (χ2v) is 8.74. The molecule has 1 aromatic heterocycles. The van der Waals surface area contributed by atoms with Gasteiger partial charge in [0.05, 0.1) is 5.75 Å². The predicted octanol–water partition coefficient (Wildman–Crippen LogP) is 3.06. The lowest BCUT2D eigenvalue weighted by atomic mass is 9.77. The van der Waals surface area contributed by atoms with Crippen molar-refractivity contribution in [2.75, 3.05) is 25.6 Å². The van der Waals surface area contributed by atoms with Crippen LogP contribution in [0, 0.1) is 5.41 Å². The van der Waals surface area contributed by atoms with Crippen LogP contribution in [-0.4, -0.2) is 51.6 Å². The molecule has 28 heavy (non-hydrogen) atoms. The molecule has 3 heterocycles. The minimum absolute atomic E-state index is 0.0617. The molecule has 8 heteroatoms. The molecule has 2 aliphatic heterocycles. The van der Waals surface area contributed by atoms with Gasteiger partial charge in [-0.25, -0.2) is 4.98 Å². The molecular weight excluding hydrogens is 376 g/mol. The summed E-state index contributed by atoms with van der Waals surface area (Å²) in [6, 6.07) is 6.15. The van der Waals surface area contributed by atoms with E-state index in [1.807, 2.05) is 17.9 Å². The molecule has 1 fully saturated rings. The second kappa shape index (κ2) is 8.03. The molecule has 0 saturated carbocycles. The van der Waals surface area contributed by atoms with Crippen LogP contribution in [0.1, 0.15) is 38.1 Å². The first kappa shape index (κ1) is 19.1. The smallest absolute Gasteiger partial charge is 0.233 e. The summed E-state index contributed by atoms with van der Waals surface area (Å²) < 4.78 is 10.9. The Morgan fingerprint density at radius 3 is 3.04 bits per heavy atom. The molecule has 0 bridgehead atoms. The molecule has 1 N–H and O–H groups in total. The average molecular weight is 403 g/mol. The number of aryl methyl sites for hydroxylation is 1. The number of thioether (sulfide) groups is 1. The van der Waals surface area contributed by atoms with E-state index in [2.05, 4.69) is 34.2 Å². The summed E-state index contributed by atoms with van der Waals surface area (Å²) >= 11 is 1.40. The highest BCUT2D eigenvalue weighted by Crippen LogP contribution is 2.37. The van der Waals surface area contributed by atoms with Crippen molar-refractivity contribution in [3.05, 3.63) is 29.6 Å². The van der Waals surface area contributed by atoms with E-state index in [1.54, 1.807) is 0 Å². The topological polar surface area (TPSA) is 80.3 Å². The maximum Gasteiger partial charge on any atom is 0.233 e. The van der Waals surface area contributed by atoms with Gasteiger partial charge in [0.2, 0.25) is 17.9 Å². The van der Waals surface area contributed by atoms with E-state index in [4.69, 9.17) is 9.47 Å². The minimum atomic E-state index is 0.0617. The zero-order valence-corrected chi connectivity index (χ0v) is 17.2. The number of carbonyl (C=O) groups is 1. The molecule has 7 nitrogen and oxygen atoms in total. The largest absolute Gasteiger partial charge is 0.454 e. The lowest BCUT2D eigenvalue weighted by Gasteiger charge is -2.40. The molecule has 0 radical (unpaired) electrons. The molecule has 1 amide bonds. The van der Waals surface area contributed by atoms with Gasteiger partial charge in [-0.3, -0.25) is 9.89 Å². The molecule has 1 aromatic carbocycles. The third kappa shape index (κ3) is 4.27. The number of nitrogens with zero attached hydrogens (tertiary/aromatic N) is 3. The van der Waals surface area contributed by atoms with Gasteiger partial charge in [0.25, 0.3) is 0 Å². The highest BCUT2D eigenvalue weighted by Gasteiger charge is 2.33. The number of carbonyl (C=O) groups excluding carboxylic acids is 1. The van der Waals surface area contributed by atoms with Crippen LogP contribution < -0.4 is 9.47 Å². The van der Waals surface area contributed by atoms with Gasteiger partial charge in [0, 0.05) is 19.5 Å². The molecule has 2 aliphatic rings. The van der Waals surface area contributed by atoms with Crippen LogP contribution >= 0.6 is 11.8 Å². The number of aromatic amines is 1. The number of piperidine rings is 1. The fraction of sp³-hybridized carbons (Fsp3) is 0.550. The molecule has 1 atom stereocenters. The number of rotatable bonds is 6. The van der Waals surface area contributed by atoms with Gasteiger partial charge in [-0.15, -0.1) is 5.10 Å². The Hall–Kier alpha value is -2.22. The predicted molar refractivity (Wildman–Crippen MR) is 107 cm³/mol. The first-order valence-electron chi connectivity index (χ1n) is 9.75. The standard InChI is InChI=1S/C20H26N4O3S/c1-3-17-21-19(23-22-17)28-11-18(25)24-8-4-7-20(2,12-24)10-14-5-6-15-16(9-14)27-13-26-15/h5-6,9H,3-4,7-8,10-13H2,1-2H3,(H,21,22,23)/t20-/m1/s1. The lowest BCUT2D eigenvalue weighted by Crippen LogP contribution is -2.46. The van der Waals surface area contributed by atoms with Gasteiger partial charge in [0.1, 0.15) is 5.82 Å². The van der Waals surface area contributed by atoms with Crippen LogP contribution in [0.4, 0.5) is 0 Å². The minimum Gasteiger partial charge on any atom is -0.454 e. The van der Waals surface area contributed by atoms with E-state index in [1.165, 1.54) is 17.3 Å². The summed E-state index contributed by atoms with van der Waals surface area (Å²) in [5.41, 5.74) is 1.29. The molecule has 4 rings (SSSR count).